The molecule has 8 heteroatoms. The van der Waals surface area contributed by atoms with Crippen molar-refractivity contribution in [3.8, 4) is 0 Å². The van der Waals surface area contributed by atoms with E-state index in [9.17, 15) is 27.8 Å². The summed E-state index contributed by atoms with van der Waals surface area (Å²) in [7, 11) is -4.04. The van der Waals surface area contributed by atoms with Crippen LogP contribution in [0.5, 0.6) is 0 Å². The van der Waals surface area contributed by atoms with Crippen LogP contribution in [-0.4, -0.2) is 41.8 Å². The second kappa shape index (κ2) is 10.5. The molecule has 1 aliphatic heterocycles. The van der Waals surface area contributed by atoms with E-state index >= 15 is 0 Å². The molecule has 3 aromatic rings. The third-order valence-corrected chi connectivity index (χ3v) is 9.28. The van der Waals surface area contributed by atoms with E-state index < -0.39 is 38.7 Å². The van der Waals surface area contributed by atoms with Crippen molar-refractivity contribution >= 4 is 27.0 Å². The van der Waals surface area contributed by atoms with Crippen molar-refractivity contribution in [1.29, 1.82) is 0 Å². The molecule has 0 saturated carbocycles. The smallest absolute Gasteiger partial charge is 0.233 e. The Morgan fingerprint density at radius 2 is 1.59 bits per heavy atom. The molecule has 2 aliphatic rings. The number of hydrogen-bond donors (Lipinski definition) is 2. The molecule has 4 atom stereocenters. The third-order valence-electron chi connectivity index (χ3n) is 7.68. The van der Waals surface area contributed by atoms with E-state index in [-0.39, 0.29) is 30.7 Å². The predicted molar refractivity (Wildman–Crippen MR) is 149 cm³/mol. The van der Waals surface area contributed by atoms with Crippen molar-refractivity contribution in [1.82, 2.24) is 0 Å². The number of aliphatic hydroxyl groups is 2. The Balaban J connectivity index is 1.52. The standard InChI is InChI=1S/C31H30FNO5S/c1-39(37,38)31(36)20-23(21-8-4-2-5-9-21)14-18-27(31)29-26(30(35)33(29)25-10-6-3-7-11-25)17-19-28(34)22-12-15-24(32)16-13-22/h2-16,18,26,28-29,34,36H,17,19-20H2,1H3/t26-,28+,29+,31?/m1/s1. The summed E-state index contributed by atoms with van der Waals surface area (Å²) in [6.45, 7) is 0. The van der Waals surface area contributed by atoms with Gasteiger partial charge in [0.1, 0.15) is 5.82 Å². The first-order valence-electron chi connectivity index (χ1n) is 12.8. The van der Waals surface area contributed by atoms with Crippen molar-refractivity contribution in [2.75, 3.05) is 11.2 Å². The third kappa shape index (κ3) is 5.07. The summed E-state index contributed by atoms with van der Waals surface area (Å²) in [6, 6.07) is 23.0. The molecule has 0 bridgehead atoms. The number of aliphatic hydroxyl groups excluding tert-OH is 1. The highest BCUT2D eigenvalue weighted by Crippen LogP contribution is 2.48. The molecule has 1 aliphatic carbocycles. The Morgan fingerprint density at radius 1 is 0.974 bits per heavy atom. The number of benzene rings is 3. The maximum absolute atomic E-state index is 13.5. The molecule has 1 amide bonds. The van der Waals surface area contributed by atoms with Crippen LogP contribution < -0.4 is 4.90 Å². The Morgan fingerprint density at radius 3 is 2.21 bits per heavy atom. The maximum Gasteiger partial charge on any atom is 0.233 e. The van der Waals surface area contributed by atoms with Gasteiger partial charge in [-0.2, -0.15) is 0 Å². The van der Waals surface area contributed by atoms with Gasteiger partial charge in [-0.25, -0.2) is 12.8 Å². The van der Waals surface area contributed by atoms with Crippen molar-refractivity contribution in [3.63, 3.8) is 0 Å². The van der Waals surface area contributed by atoms with Crippen molar-refractivity contribution < 1.29 is 27.8 Å². The number of para-hydroxylation sites is 1. The number of hydrogen-bond acceptors (Lipinski definition) is 5. The van der Waals surface area contributed by atoms with Gasteiger partial charge < -0.3 is 15.1 Å². The number of nitrogens with zero attached hydrogens (tertiary/aromatic N) is 1. The van der Waals surface area contributed by atoms with Crippen LogP contribution in [0.25, 0.3) is 5.57 Å². The number of allylic oxidation sites excluding steroid dienone is 2. The van der Waals surface area contributed by atoms with Crippen LogP contribution in [-0.2, 0) is 14.6 Å². The summed E-state index contributed by atoms with van der Waals surface area (Å²) in [5.74, 6) is -1.29. The zero-order chi connectivity index (χ0) is 27.8. The molecular formula is C31H30FNO5S. The second-order valence-corrected chi connectivity index (χ2v) is 12.4. The first-order valence-corrected chi connectivity index (χ1v) is 14.7. The summed E-state index contributed by atoms with van der Waals surface area (Å²) in [5, 5.41) is 22.6. The molecule has 1 unspecified atom stereocenters. The Hall–Kier alpha value is -3.59. The minimum Gasteiger partial charge on any atom is -0.388 e. The Bertz CT molecular complexity index is 1520. The van der Waals surface area contributed by atoms with Gasteiger partial charge in [0, 0.05) is 23.9 Å². The van der Waals surface area contributed by atoms with Gasteiger partial charge in [-0.3, -0.25) is 4.79 Å². The van der Waals surface area contributed by atoms with E-state index in [1.165, 1.54) is 29.2 Å². The summed E-state index contributed by atoms with van der Waals surface area (Å²) < 4.78 is 39.6. The van der Waals surface area contributed by atoms with E-state index in [2.05, 4.69) is 0 Å². The van der Waals surface area contributed by atoms with E-state index in [0.29, 0.717) is 16.8 Å². The fraction of sp³-hybridized carbons (Fsp3) is 0.258. The van der Waals surface area contributed by atoms with Crippen LogP contribution in [0.15, 0.2) is 103 Å². The maximum atomic E-state index is 13.5. The van der Waals surface area contributed by atoms with Gasteiger partial charge in [0.05, 0.1) is 18.1 Å². The summed E-state index contributed by atoms with van der Waals surface area (Å²) >= 11 is 0. The van der Waals surface area contributed by atoms with E-state index in [1.54, 1.807) is 36.4 Å². The molecule has 202 valence electrons. The molecule has 0 radical (unpaired) electrons. The van der Waals surface area contributed by atoms with Crippen molar-refractivity contribution in [3.05, 3.63) is 120 Å². The molecule has 5 rings (SSSR count). The second-order valence-electron chi connectivity index (χ2n) is 10.2. The zero-order valence-corrected chi connectivity index (χ0v) is 22.3. The highest BCUT2D eigenvalue weighted by Gasteiger charge is 2.57. The van der Waals surface area contributed by atoms with Gasteiger partial charge in [-0.15, -0.1) is 0 Å². The number of amides is 1. The predicted octanol–water partition coefficient (Wildman–Crippen LogP) is 4.82. The SMILES string of the molecule is CS(=O)(=O)C1(O)CC(c2ccccc2)=CC=C1[C@@H]1[C@@H](CC[C@H](O)c2ccc(F)cc2)C(=O)N1c1ccccc1. The molecule has 1 fully saturated rings. The average Bonchev–Trinajstić information content (AvgIpc) is 2.92. The number of halogens is 1. The largest absolute Gasteiger partial charge is 0.388 e. The molecule has 2 N–H and O–H groups in total. The monoisotopic (exact) mass is 547 g/mol. The fourth-order valence-corrected chi connectivity index (χ4v) is 6.55. The first-order chi connectivity index (χ1) is 18.6. The lowest BCUT2D eigenvalue weighted by atomic mass is 9.74. The molecule has 3 aromatic carbocycles. The highest BCUT2D eigenvalue weighted by molar-refractivity contribution is 7.92. The normalized spacial score (nSPS) is 24.0. The van der Waals surface area contributed by atoms with Crippen LogP contribution in [0.3, 0.4) is 0 Å². The summed E-state index contributed by atoms with van der Waals surface area (Å²) in [4.78, 5) is 12.8. The Labute approximate surface area is 227 Å². The van der Waals surface area contributed by atoms with Crippen LogP contribution >= 0.6 is 0 Å². The molecule has 0 aromatic heterocycles. The van der Waals surface area contributed by atoms with Crippen molar-refractivity contribution in [2.24, 2.45) is 5.92 Å². The lowest BCUT2D eigenvalue weighted by molar-refractivity contribution is -0.130. The molecule has 1 heterocycles. The summed E-state index contributed by atoms with van der Waals surface area (Å²) in [5.41, 5.74) is 2.83. The fourth-order valence-electron chi connectivity index (χ4n) is 5.52. The first kappa shape index (κ1) is 27.0. The van der Waals surface area contributed by atoms with Gasteiger partial charge in [0.2, 0.25) is 5.91 Å². The number of β-lactam (4-membered cyclic amide) rings is 1. The molecule has 6 nitrogen and oxygen atoms in total. The number of carbonyl (C=O) groups excluding carboxylic acids is 1. The number of rotatable bonds is 8. The molecular weight excluding hydrogens is 517 g/mol. The van der Waals surface area contributed by atoms with Gasteiger partial charge in [-0.1, -0.05) is 72.8 Å². The molecule has 39 heavy (non-hydrogen) atoms. The van der Waals surface area contributed by atoms with Crippen LogP contribution in [0.1, 0.15) is 36.5 Å². The van der Waals surface area contributed by atoms with E-state index in [4.69, 9.17) is 0 Å². The molecule has 1 saturated heterocycles. The lowest BCUT2D eigenvalue weighted by Gasteiger charge is -2.52. The van der Waals surface area contributed by atoms with Crippen LogP contribution in [0.4, 0.5) is 10.1 Å². The quantitative estimate of drug-likeness (QED) is 0.395. The van der Waals surface area contributed by atoms with Gasteiger partial charge in [0.25, 0.3) is 0 Å². The number of carbonyl (C=O) groups is 1. The lowest BCUT2D eigenvalue weighted by Crippen LogP contribution is -2.65. The minimum atomic E-state index is -4.04. The summed E-state index contributed by atoms with van der Waals surface area (Å²) in [6.07, 6.45) is 3.82. The van der Waals surface area contributed by atoms with Crippen molar-refractivity contribution in [2.45, 2.75) is 36.3 Å². The van der Waals surface area contributed by atoms with Gasteiger partial charge in [0.15, 0.2) is 14.8 Å². The van der Waals surface area contributed by atoms with E-state index in [0.717, 1.165) is 11.8 Å². The number of sulfone groups is 1. The topological polar surface area (TPSA) is 94.9 Å². The minimum absolute atomic E-state index is 0.153. The Kier molecular flexibility index (Phi) is 7.29. The number of anilines is 1. The average molecular weight is 548 g/mol. The van der Waals surface area contributed by atoms with E-state index in [1.807, 2.05) is 36.4 Å². The van der Waals surface area contributed by atoms with Gasteiger partial charge in [-0.05, 0) is 53.8 Å². The van der Waals surface area contributed by atoms with Crippen LogP contribution in [0.2, 0.25) is 0 Å². The van der Waals surface area contributed by atoms with Gasteiger partial charge >= 0.3 is 0 Å². The zero-order valence-electron chi connectivity index (χ0n) is 21.4. The van der Waals surface area contributed by atoms with Crippen LogP contribution in [0, 0.1) is 11.7 Å². The molecule has 0 spiro atoms. The highest BCUT2D eigenvalue weighted by atomic mass is 32.2.